The summed E-state index contributed by atoms with van der Waals surface area (Å²) in [4.78, 5) is 9.25. The number of hydrogen-bond donors (Lipinski definition) is 1. The number of nitrogens with zero attached hydrogens (tertiary/aromatic N) is 3. The molecule has 5 nitrogen and oxygen atoms in total. The molecule has 0 saturated heterocycles. The first-order chi connectivity index (χ1) is 7.79. The molecule has 86 valence electrons. The van der Waals surface area contributed by atoms with Gasteiger partial charge in [0.25, 0.3) is 0 Å². The Labute approximate surface area is 97.9 Å². The van der Waals surface area contributed by atoms with Gasteiger partial charge in [-0.2, -0.15) is 4.98 Å². The molecule has 0 radical (unpaired) electrons. The molecule has 2 aromatic heterocycles. The molecule has 1 unspecified atom stereocenters. The summed E-state index contributed by atoms with van der Waals surface area (Å²) in [6.45, 7) is 5.12. The van der Waals surface area contributed by atoms with E-state index in [0.717, 1.165) is 17.8 Å². The van der Waals surface area contributed by atoms with Crippen LogP contribution in [0.25, 0.3) is 10.7 Å². The minimum Gasteiger partial charge on any atom is -0.339 e. The van der Waals surface area contributed by atoms with E-state index in [9.17, 15) is 0 Å². The number of aromatic nitrogens is 3. The Morgan fingerprint density at radius 1 is 1.56 bits per heavy atom. The number of hydrogen-bond acceptors (Lipinski definition) is 6. The monoisotopic (exact) mass is 238 g/mol. The van der Waals surface area contributed by atoms with Gasteiger partial charge >= 0.3 is 0 Å². The average Bonchev–Trinajstić information content (AvgIpc) is 2.86. The van der Waals surface area contributed by atoms with Crippen molar-refractivity contribution in [3.05, 3.63) is 17.6 Å². The fourth-order valence-corrected chi connectivity index (χ4v) is 1.99. The van der Waals surface area contributed by atoms with Crippen molar-refractivity contribution in [2.24, 2.45) is 0 Å². The van der Waals surface area contributed by atoms with Crippen LogP contribution >= 0.6 is 11.3 Å². The molecule has 1 N–H and O–H groups in total. The Morgan fingerprint density at radius 2 is 2.44 bits per heavy atom. The lowest BCUT2D eigenvalue weighted by Gasteiger charge is -2.07. The third-order valence-corrected chi connectivity index (χ3v) is 2.92. The van der Waals surface area contributed by atoms with Crippen molar-refractivity contribution in [2.45, 2.75) is 26.3 Å². The van der Waals surface area contributed by atoms with Gasteiger partial charge in [0.05, 0.1) is 10.4 Å². The molecule has 1 atom stereocenters. The average molecular weight is 238 g/mol. The minimum absolute atomic E-state index is 0.347. The molecule has 0 aromatic carbocycles. The maximum Gasteiger partial charge on any atom is 0.228 e. The molecule has 0 aliphatic rings. The number of rotatable bonds is 5. The van der Waals surface area contributed by atoms with E-state index in [-0.39, 0.29) is 0 Å². The second-order valence-electron chi connectivity index (χ2n) is 3.54. The molecule has 16 heavy (non-hydrogen) atoms. The smallest absolute Gasteiger partial charge is 0.228 e. The van der Waals surface area contributed by atoms with Gasteiger partial charge in [-0.25, -0.2) is 0 Å². The zero-order chi connectivity index (χ0) is 11.4. The third-order valence-electron chi connectivity index (χ3n) is 2.15. The highest BCUT2D eigenvalue weighted by molar-refractivity contribution is 7.13. The van der Waals surface area contributed by atoms with Gasteiger partial charge in [0.2, 0.25) is 11.7 Å². The standard InChI is InChI=1S/C10H14N4OS/c1-3-12-7(2)4-9-13-10(14-15-9)8-5-11-6-16-8/h5-7,12H,3-4H2,1-2H3. The summed E-state index contributed by atoms with van der Waals surface area (Å²) in [6.07, 6.45) is 2.49. The van der Waals surface area contributed by atoms with Gasteiger partial charge in [-0.05, 0) is 13.5 Å². The Bertz CT molecular complexity index is 426. The van der Waals surface area contributed by atoms with Crippen LogP contribution in [0.4, 0.5) is 0 Å². The first-order valence-corrected chi connectivity index (χ1v) is 6.12. The quantitative estimate of drug-likeness (QED) is 0.859. The number of nitrogens with one attached hydrogen (secondary N) is 1. The van der Waals surface area contributed by atoms with E-state index in [0.29, 0.717) is 17.8 Å². The second-order valence-corrected chi connectivity index (χ2v) is 4.43. The highest BCUT2D eigenvalue weighted by Crippen LogP contribution is 2.19. The predicted octanol–water partition coefficient (Wildman–Crippen LogP) is 1.73. The molecule has 0 fully saturated rings. The van der Waals surface area contributed by atoms with Gasteiger partial charge in [0.1, 0.15) is 0 Å². The third kappa shape index (κ3) is 2.65. The molecular formula is C10H14N4OS. The van der Waals surface area contributed by atoms with E-state index in [1.165, 1.54) is 11.3 Å². The van der Waals surface area contributed by atoms with E-state index >= 15 is 0 Å². The maximum absolute atomic E-state index is 5.18. The first-order valence-electron chi connectivity index (χ1n) is 5.24. The molecule has 0 amide bonds. The van der Waals surface area contributed by atoms with Crippen LogP contribution in [0.3, 0.4) is 0 Å². The molecule has 0 saturated carbocycles. The molecule has 0 bridgehead atoms. The summed E-state index contributed by atoms with van der Waals surface area (Å²) in [5.41, 5.74) is 1.76. The summed E-state index contributed by atoms with van der Waals surface area (Å²) < 4.78 is 5.18. The predicted molar refractivity (Wildman–Crippen MR) is 62.2 cm³/mol. The first kappa shape index (κ1) is 11.2. The van der Waals surface area contributed by atoms with Crippen LogP contribution in [0.2, 0.25) is 0 Å². The summed E-state index contributed by atoms with van der Waals surface area (Å²) in [6, 6.07) is 0.347. The minimum atomic E-state index is 0.347. The van der Waals surface area contributed by atoms with E-state index in [4.69, 9.17) is 4.52 Å². The SMILES string of the molecule is CCNC(C)Cc1nc(-c2cncs2)no1. The van der Waals surface area contributed by atoms with Crippen molar-refractivity contribution in [2.75, 3.05) is 6.54 Å². The zero-order valence-corrected chi connectivity index (χ0v) is 10.1. The fraction of sp³-hybridized carbons (Fsp3) is 0.500. The van der Waals surface area contributed by atoms with Gasteiger partial charge in [-0.3, -0.25) is 4.98 Å². The van der Waals surface area contributed by atoms with Crippen molar-refractivity contribution in [3.8, 4) is 10.7 Å². The van der Waals surface area contributed by atoms with Gasteiger partial charge in [0.15, 0.2) is 0 Å². The molecule has 0 aliphatic heterocycles. The van der Waals surface area contributed by atoms with Crippen LogP contribution in [-0.2, 0) is 6.42 Å². The largest absolute Gasteiger partial charge is 0.339 e. The molecule has 0 aliphatic carbocycles. The van der Waals surface area contributed by atoms with Crippen LogP contribution in [0.5, 0.6) is 0 Å². The van der Waals surface area contributed by atoms with Crippen molar-refractivity contribution in [3.63, 3.8) is 0 Å². The molecule has 2 rings (SSSR count). The van der Waals surface area contributed by atoms with E-state index < -0.39 is 0 Å². The second kappa shape index (κ2) is 5.18. The van der Waals surface area contributed by atoms with Crippen molar-refractivity contribution < 1.29 is 4.52 Å². The van der Waals surface area contributed by atoms with Gasteiger partial charge in [0, 0.05) is 18.7 Å². The molecular weight excluding hydrogens is 224 g/mol. The zero-order valence-electron chi connectivity index (χ0n) is 9.30. The molecule has 2 aromatic rings. The number of likely N-dealkylation sites (N-methyl/N-ethyl adjacent to an activating group) is 1. The van der Waals surface area contributed by atoms with Gasteiger partial charge in [-0.15, -0.1) is 11.3 Å². The Hall–Kier alpha value is -1.27. The Kier molecular flexibility index (Phi) is 3.63. The van der Waals surface area contributed by atoms with Gasteiger partial charge < -0.3 is 9.84 Å². The Morgan fingerprint density at radius 3 is 3.12 bits per heavy atom. The van der Waals surface area contributed by atoms with Gasteiger partial charge in [-0.1, -0.05) is 12.1 Å². The maximum atomic E-state index is 5.18. The van der Waals surface area contributed by atoms with Crippen LogP contribution in [0.15, 0.2) is 16.2 Å². The van der Waals surface area contributed by atoms with E-state index in [2.05, 4.69) is 34.3 Å². The van der Waals surface area contributed by atoms with Crippen molar-refractivity contribution >= 4 is 11.3 Å². The van der Waals surface area contributed by atoms with Crippen LogP contribution < -0.4 is 5.32 Å². The lowest BCUT2D eigenvalue weighted by atomic mass is 10.2. The molecule has 2 heterocycles. The van der Waals surface area contributed by atoms with Crippen molar-refractivity contribution in [1.82, 2.24) is 20.4 Å². The fourth-order valence-electron chi connectivity index (χ4n) is 1.45. The normalized spacial score (nSPS) is 12.9. The topological polar surface area (TPSA) is 63.8 Å². The van der Waals surface area contributed by atoms with E-state index in [1.807, 2.05) is 0 Å². The van der Waals surface area contributed by atoms with Crippen molar-refractivity contribution in [1.29, 1.82) is 0 Å². The Balaban J connectivity index is 2.03. The lowest BCUT2D eigenvalue weighted by Crippen LogP contribution is -2.27. The van der Waals surface area contributed by atoms with Crippen LogP contribution in [0, 0.1) is 0 Å². The van der Waals surface area contributed by atoms with Crippen LogP contribution in [-0.4, -0.2) is 27.7 Å². The highest BCUT2D eigenvalue weighted by Gasteiger charge is 2.12. The summed E-state index contributed by atoms with van der Waals surface area (Å²) in [5, 5.41) is 7.23. The van der Waals surface area contributed by atoms with E-state index in [1.54, 1.807) is 11.7 Å². The summed E-state index contributed by atoms with van der Waals surface area (Å²) >= 11 is 1.51. The molecule has 0 spiro atoms. The summed E-state index contributed by atoms with van der Waals surface area (Å²) in [5.74, 6) is 1.29. The lowest BCUT2D eigenvalue weighted by molar-refractivity contribution is 0.363. The highest BCUT2D eigenvalue weighted by atomic mass is 32.1. The number of thiazole rings is 1. The van der Waals surface area contributed by atoms with Crippen LogP contribution in [0.1, 0.15) is 19.7 Å². The summed E-state index contributed by atoms with van der Waals surface area (Å²) in [7, 11) is 0. The molecule has 6 heteroatoms.